The van der Waals surface area contributed by atoms with Crippen LogP contribution < -0.4 is 4.90 Å². The number of methoxy groups -OCH3 is 2. The van der Waals surface area contributed by atoms with Gasteiger partial charge in [-0.15, -0.1) is 11.8 Å². The van der Waals surface area contributed by atoms with Crippen molar-refractivity contribution in [3.8, 4) is 0 Å². The third-order valence-corrected chi connectivity index (χ3v) is 8.88. The van der Waals surface area contributed by atoms with Gasteiger partial charge in [0.05, 0.1) is 29.5 Å². The van der Waals surface area contributed by atoms with Crippen LogP contribution >= 0.6 is 11.8 Å². The van der Waals surface area contributed by atoms with Crippen molar-refractivity contribution in [1.29, 1.82) is 0 Å². The molecule has 0 aromatic heterocycles. The lowest BCUT2D eigenvalue weighted by atomic mass is 9.98. The molecule has 3 rings (SSSR count). The lowest BCUT2D eigenvalue weighted by Crippen LogP contribution is -2.55. The molecule has 1 fully saturated rings. The number of fused-ring (bicyclic) bond motifs is 1. The van der Waals surface area contributed by atoms with Crippen molar-refractivity contribution in [2.45, 2.75) is 101 Å². The molecule has 3 amide bonds. The fourth-order valence-electron chi connectivity index (χ4n) is 5.69. The number of benzene rings is 1. The molecular formula is C31H46F3N3O6S. The SMILES string of the molecule is COCCCCN1C(=O)C(C)(COC)Sc2cc(C(F)(F)F)c(C(=O)N(C(C)C)[C@@H]3CCCN(C(=O)OC(C)(C)C)C3)cc21. The summed E-state index contributed by atoms with van der Waals surface area (Å²) in [5.41, 5.74) is -2.03. The number of carbonyl (C=O) groups excluding carboxylic acids is 3. The molecule has 2 heterocycles. The van der Waals surface area contributed by atoms with Gasteiger partial charge in [0.1, 0.15) is 10.3 Å². The summed E-state index contributed by atoms with van der Waals surface area (Å²) in [4.78, 5) is 45.4. The third-order valence-electron chi connectivity index (χ3n) is 7.59. The zero-order valence-electron chi connectivity index (χ0n) is 27.0. The normalized spacial score (nSPS) is 21.0. The monoisotopic (exact) mass is 645 g/mol. The number of unbranched alkanes of at least 4 members (excludes halogenated alkanes) is 1. The van der Waals surface area contributed by atoms with Crippen LogP contribution in [-0.4, -0.2) is 97.2 Å². The number of likely N-dealkylation sites (tertiary alicyclic amines) is 1. The van der Waals surface area contributed by atoms with Crippen LogP contribution in [0.25, 0.3) is 0 Å². The summed E-state index contributed by atoms with van der Waals surface area (Å²) < 4.78 is 58.7. The highest BCUT2D eigenvalue weighted by Gasteiger charge is 2.47. The van der Waals surface area contributed by atoms with Crippen molar-refractivity contribution in [3.63, 3.8) is 0 Å². The molecule has 9 nitrogen and oxygen atoms in total. The average molecular weight is 646 g/mol. The maximum absolute atomic E-state index is 14.6. The second-order valence-corrected chi connectivity index (χ2v) is 14.4. The molecule has 0 N–H and O–H groups in total. The minimum Gasteiger partial charge on any atom is -0.444 e. The summed E-state index contributed by atoms with van der Waals surface area (Å²) in [7, 11) is 3.01. The molecule has 1 unspecified atom stereocenters. The Morgan fingerprint density at radius 2 is 1.82 bits per heavy atom. The van der Waals surface area contributed by atoms with E-state index in [1.54, 1.807) is 48.7 Å². The summed E-state index contributed by atoms with van der Waals surface area (Å²) >= 11 is 1.02. The molecule has 0 bridgehead atoms. The van der Waals surface area contributed by atoms with Crippen molar-refractivity contribution in [2.75, 3.05) is 52.0 Å². The molecule has 1 saturated heterocycles. The zero-order chi connectivity index (χ0) is 33.0. The molecule has 44 heavy (non-hydrogen) atoms. The summed E-state index contributed by atoms with van der Waals surface area (Å²) in [5.74, 6) is -1.10. The molecule has 13 heteroatoms. The highest BCUT2D eigenvalue weighted by Crippen LogP contribution is 2.49. The quantitative estimate of drug-likeness (QED) is 0.279. The van der Waals surface area contributed by atoms with Gasteiger partial charge >= 0.3 is 12.3 Å². The summed E-state index contributed by atoms with van der Waals surface area (Å²) in [6.45, 7) is 11.7. The standard InChI is InChI=1S/C31H46F3N3O6S/c1-20(2)37(21-12-11-13-35(18-21)28(40)43-29(3,4)5)26(38)22-16-24-25(17-23(22)31(32,33)34)44-30(6,19-42-8)27(39)36(24)14-9-10-15-41-7/h16-17,20-21H,9-15,18-19H2,1-8H3/t21-,30?/m1/s1. The number of hydrogen-bond acceptors (Lipinski definition) is 7. The second-order valence-electron chi connectivity index (χ2n) is 12.8. The van der Waals surface area contributed by atoms with Crippen LogP contribution in [0.15, 0.2) is 17.0 Å². The van der Waals surface area contributed by atoms with Gasteiger partial charge in [-0.25, -0.2) is 4.79 Å². The third kappa shape index (κ3) is 8.39. The molecule has 2 aliphatic heterocycles. The number of hydrogen-bond donors (Lipinski definition) is 0. The Bertz CT molecular complexity index is 1210. The van der Waals surface area contributed by atoms with Gasteiger partial charge in [0.25, 0.3) is 5.91 Å². The second kappa shape index (κ2) is 14.3. The largest absolute Gasteiger partial charge is 0.444 e. The molecule has 0 saturated carbocycles. The molecule has 0 radical (unpaired) electrons. The number of rotatable bonds is 10. The van der Waals surface area contributed by atoms with Crippen molar-refractivity contribution in [1.82, 2.24) is 9.80 Å². The number of piperidine rings is 1. The van der Waals surface area contributed by atoms with E-state index in [4.69, 9.17) is 14.2 Å². The van der Waals surface area contributed by atoms with Crippen LogP contribution in [0.3, 0.4) is 0 Å². The van der Waals surface area contributed by atoms with E-state index in [0.717, 1.165) is 17.8 Å². The van der Waals surface area contributed by atoms with Gasteiger partial charge in [-0.1, -0.05) is 0 Å². The van der Waals surface area contributed by atoms with Crippen molar-refractivity contribution < 1.29 is 41.8 Å². The maximum atomic E-state index is 14.6. The first-order valence-corrected chi connectivity index (χ1v) is 15.8. The molecule has 1 aromatic rings. The number of carbonyl (C=O) groups is 3. The van der Waals surface area contributed by atoms with E-state index in [1.165, 1.54) is 27.9 Å². The number of thioether (sulfide) groups is 1. The van der Waals surface area contributed by atoms with Gasteiger partial charge in [-0.2, -0.15) is 13.2 Å². The van der Waals surface area contributed by atoms with E-state index in [9.17, 15) is 27.6 Å². The Kier molecular flexibility index (Phi) is 11.7. The van der Waals surface area contributed by atoms with Crippen LogP contribution in [-0.2, 0) is 25.2 Å². The van der Waals surface area contributed by atoms with Crippen molar-refractivity contribution in [3.05, 3.63) is 23.3 Å². The molecule has 2 aliphatic rings. The number of nitrogens with zero attached hydrogens (tertiary/aromatic N) is 3. The van der Waals surface area contributed by atoms with Gasteiger partial charge in [0, 0.05) is 51.4 Å². The highest BCUT2D eigenvalue weighted by molar-refractivity contribution is 8.01. The van der Waals surface area contributed by atoms with E-state index in [1.807, 2.05) is 0 Å². The molecular weight excluding hydrogens is 599 g/mol. The van der Waals surface area contributed by atoms with Gasteiger partial charge in [-0.05, 0) is 79.4 Å². The minimum atomic E-state index is -4.83. The first kappa shape index (κ1) is 36.0. The van der Waals surface area contributed by atoms with Gasteiger partial charge in [0.2, 0.25) is 5.91 Å². The smallest absolute Gasteiger partial charge is 0.417 e. The highest BCUT2D eigenvalue weighted by atomic mass is 32.2. The minimum absolute atomic E-state index is 0.00347. The Morgan fingerprint density at radius 1 is 1.14 bits per heavy atom. The molecule has 0 aliphatic carbocycles. The van der Waals surface area contributed by atoms with Crippen molar-refractivity contribution >= 4 is 35.4 Å². The van der Waals surface area contributed by atoms with Gasteiger partial charge in [-0.3, -0.25) is 9.59 Å². The van der Waals surface area contributed by atoms with Crippen molar-refractivity contribution in [2.24, 2.45) is 0 Å². The first-order valence-electron chi connectivity index (χ1n) is 15.0. The van der Waals surface area contributed by atoms with Gasteiger partial charge < -0.3 is 28.9 Å². The summed E-state index contributed by atoms with van der Waals surface area (Å²) in [6.07, 6.45) is -3.08. The maximum Gasteiger partial charge on any atom is 0.417 e. The molecule has 0 spiro atoms. The van der Waals surface area contributed by atoms with Crippen LogP contribution in [0, 0.1) is 0 Å². The van der Waals surface area contributed by atoms with E-state index < -0.39 is 51.7 Å². The number of amides is 3. The van der Waals surface area contributed by atoms with Crippen LogP contribution in [0.2, 0.25) is 0 Å². The van der Waals surface area contributed by atoms with Crippen LogP contribution in [0.4, 0.5) is 23.7 Å². The fraction of sp³-hybridized carbons (Fsp3) is 0.710. The number of ether oxygens (including phenoxy) is 3. The van der Waals surface area contributed by atoms with Crippen LogP contribution in [0.1, 0.15) is 83.1 Å². The van der Waals surface area contributed by atoms with E-state index >= 15 is 0 Å². The number of anilines is 1. The predicted molar refractivity (Wildman–Crippen MR) is 163 cm³/mol. The van der Waals surface area contributed by atoms with E-state index in [2.05, 4.69) is 0 Å². The lowest BCUT2D eigenvalue weighted by Gasteiger charge is -2.42. The molecule has 2 atom stereocenters. The predicted octanol–water partition coefficient (Wildman–Crippen LogP) is 6.23. The van der Waals surface area contributed by atoms with E-state index in [0.29, 0.717) is 38.8 Å². The summed E-state index contributed by atoms with van der Waals surface area (Å²) in [6, 6.07) is 1.22. The van der Waals surface area contributed by atoms with Crippen LogP contribution in [0.5, 0.6) is 0 Å². The Balaban J connectivity index is 2.08. The average Bonchev–Trinajstić information content (AvgIpc) is 2.91. The lowest BCUT2D eigenvalue weighted by molar-refractivity contribution is -0.138. The zero-order valence-corrected chi connectivity index (χ0v) is 27.8. The Morgan fingerprint density at radius 3 is 2.39 bits per heavy atom. The summed E-state index contributed by atoms with van der Waals surface area (Å²) in [5, 5.41) is 0. The first-order chi connectivity index (χ1) is 20.4. The Hall–Kier alpha value is -2.51. The molecule has 248 valence electrons. The van der Waals surface area contributed by atoms with E-state index in [-0.39, 0.29) is 36.2 Å². The Labute approximate surface area is 262 Å². The molecule has 1 aromatic carbocycles. The topological polar surface area (TPSA) is 88.6 Å². The number of halogens is 3. The number of alkyl halides is 3. The van der Waals surface area contributed by atoms with Gasteiger partial charge in [0.15, 0.2) is 0 Å². The fourth-order valence-corrected chi connectivity index (χ4v) is 7.00.